The zero-order valence-electron chi connectivity index (χ0n) is 22.4. The zero-order valence-corrected chi connectivity index (χ0v) is 22.4. The maximum atomic E-state index is 12.6. The second-order valence-corrected chi connectivity index (χ2v) is 9.46. The van der Waals surface area contributed by atoms with Gasteiger partial charge in [0.25, 0.3) is 11.5 Å². The molecule has 214 valence electrons. The minimum Gasteiger partial charge on any atom is -0.480 e. The maximum absolute atomic E-state index is 12.6. The van der Waals surface area contributed by atoms with Crippen molar-refractivity contribution in [1.82, 2.24) is 30.6 Å². The van der Waals surface area contributed by atoms with Gasteiger partial charge in [-0.25, -0.2) is 14.8 Å². The second-order valence-electron chi connectivity index (χ2n) is 9.46. The number of nitrogens with one attached hydrogen (secondary N) is 4. The van der Waals surface area contributed by atoms with E-state index in [0.717, 1.165) is 6.42 Å². The van der Waals surface area contributed by atoms with Crippen molar-refractivity contribution < 1.29 is 24.2 Å². The zero-order chi connectivity index (χ0) is 29.1. The van der Waals surface area contributed by atoms with E-state index in [1.807, 2.05) is 0 Å². The molecule has 1 aromatic carbocycles. The highest BCUT2D eigenvalue weighted by Gasteiger charge is 2.21. The van der Waals surface area contributed by atoms with Crippen LogP contribution in [0.4, 0.5) is 11.6 Å². The van der Waals surface area contributed by atoms with Crippen molar-refractivity contribution in [1.29, 1.82) is 0 Å². The number of fused-ring (bicyclic) bond motifs is 1. The standard InChI is InChI=1S/C26H34N8O6/c1-15(2)9-11-40-12-10-28-20(35)8-7-19(25(38)39)32-23(36)16-3-5-17(6-4-16)29-13-18-14-30-22-21(31-18)24(37)34-26(27)33-22/h3-6,14-15,19,29H,7-13H2,1-2H3,(H,28,35)(H,32,36)(H,38,39)(H3,27,30,33,34,37)/t19-/m1/s1. The van der Waals surface area contributed by atoms with E-state index < -0.39 is 23.5 Å². The van der Waals surface area contributed by atoms with Gasteiger partial charge in [0.2, 0.25) is 11.9 Å². The van der Waals surface area contributed by atoms with Gasteiger partial charge in [-0.15, -0.1) is 0 Å². The van der Waals surface area contributed by atoms with E-state index >= 15 is 0 Å². The van der Waals surface area contributed by atoms with Gasteiger partial charge in [-0.2, -0.15) is 4.98 Å². The fourth-order valence-electron chi connectivity index (χ4n) is 3.53. The summed E-state index contributed by atoms with van der Waals surface area (Å²) in [5, 5.41) is 17.7. The lowest BCUT2D eigenvalue weighted by Crippen LogP contribution is -2.41. The summed E-state index contributed by atoms with van der Waals surface area (Å²) in [6.07, 6.45) is 2.29. The smallest absolute Gasteiger partial charge is 0.326 e. The van der Waals surface area contributed by atoms with Gasteiger partial charge in [0.15, 0.2) is 11.2 Å². The van der Waals surface area contributed by atoms with Crippen LogP contribution < -0.4 is 27.2 Å². The van der Waals surface area contributed by atoms with Gasteiger partial charge in [0.1, 0.15) is 6.04 Å². The number of aromatic amines is 1. The van der Waals surface area contributed by atoms with E-state index in [2.05, 4.69) is 49.7 Å². The first-order valence-corrected chi connectivity index (χ1v) is 12.9. The SMILES string of the molecule is CC(C)CCOCCNC(=O)CC[C@@H](NC(=O)c1ccc(NCc2cnc3nc(N)[nH]c(=O)c3n2)cc1)C(=O)O. The molecule has 0 spiro atoms. The Labute approximate surface area is 230 Å². The molecule has 14 nitrogen and oxygen atoms in total. The summed E-state index contributed by atoms with van der Waals surface area (Å²) in [4.78, 5) is 63.0. The molecule has 0 aliphatic rings. The molecule has 0 saturated heterocycles. The molecule has 0 aliphatic carbocycles. The number of nitrogen functional groups attached to an aromatic ring is 1. The summed E-state index contributed by atoms with van der Waals surface area (Å²) in [5.41, 5.74) is 6.62. The van der Waals surface area contributed by atoms with Crippen LogP contribution in [0.5, 0.6) is 0 Å². The number of carboxylic acid groups (broad SMARTS) is 1. The number of benzene rings is 1. The number of nitrogens with zero attached hydrogens (tertiary/aromatic N) is 3. The number of amides is 2. The molecule has 40 heavy (non-hydrogen) atoms. The lowest BCUT2D eigenvalue weighted by atomic mass is 10.1. The van der Waals surface area contributed by atoms with Crippen molar-refractivity contribution in [2.24, 2.45) is 5.92 Å². The number of nitrogens with two attached hydrogens (primary N) is 1. The van der Waals surface area contributed by atoms with Crippen LogP contribution in [0.1, 0.15) is 49.2 Å². The Hall–Kier alpha value is -4.59. The topological polar surface area (TPSA) is 214 Å². The summed E-state index contributed by atoms with van der Waals surface area (Å²) in [5.74, 6) is -1.63. The first kappa shape index (κ1) is 30.0. The number of anilines is 2. The van der Waals surface area contributed by atoms with Crippen LogP contribution in [0.25, 0.3) is 11.2 Å². The Morgan fingerprint density at radius 2 is 1.85 bits per heavy atom. The Kier molecular flexibility index (Phi) is 10.9. The number of carbonyl (C=O) groups is 3. The number of H-pyrrole nitrogens is 1. The molecular formula is C26H34N8O6. The van der Waals surface area contributed by atoms with E-state index in [1.165, 1.54) is 18.3 Å². The van der Waals surface area contributed by atoms with Crippen molar-refractivity contribution in [3.63, 3.8) is 0 Å². The normalized spacial score (nSPS) is 11.8. The molecule has 0 fully saturated rings. The van der Waals surface area contributed by atoms with Crippen LogP contribution in [-0.2, 0) is 20.9 Å². The average Bonchev–Trinajstić information content (AvgIpc) is 2.91. The van der Waals surface area contributed by atoms with Crippen LogP contribution in [0, 0.1) is 5.92 Å². The van der Waals surface area contributed by atoms with Gasteiger partial charge in [0.05, 0.1) is 25.0 Å². The second kappa shape index (κ2) is 14.5. The molecule has 2 heterocycles. The highest BCUT2D eigenvalue weighted by molar-refractivity contribution is 5.97. The molecule has 3 rings (SSSR count). The Morgan fingerprint density at radius 3 is 2.55 bits per heavy atom. The fourth-order valence-corrected chi connectivity index (χ4v) is 3.53. The highest BCUT2D eigenvalue weighted by Crippen LogP contribution is 2.12. The molecule has 2 amide bonds. The minimum atomic E-state index is -1.23. The molecular weight excluding hydrogens is 520 g/mol. The summed E-state index contributed by atoms with van der Waals surface area (Å²) >= 11 is 0. The molecule has 0 radical (unpaired) electrons. The van der Waals surface area contributed by atoms with Crippen LogP contribution >= 0.6 is 0 Å². The van der Waals surface area contributed by atoms with Crippen molar-refractivity contribution in [3.05, 3.63) is 52.1 Å². The van der Waals surface area contributed by atoms with Crippen LogP contribution in [0.3, 0.4) is 0 Å². The van der Waals surface area contributed by atoms with Crippen molar-refractivity contribution in [3.8, 4) is 0 Å². The minimum absolute atomic E-state index is 0.0456. The predicted molar refractivity (Wildman–Crippen MR) is 148 cm³/mol. The third kappa shape index (κ3) is 9.31. The van der Waals surface area contributed by atoms with Gasteiger partial charge in [-0.3, -0.25) is 19.4 Å². The fraction of sp³-hybridized carbons (Fsp3) is 0.423. The van der Waals surface area contributed by atoms with Crippen LogP contribution in [0.15, 0.2) is 35.3 Å². The van der Waals surface area contributed by atoms with Crippen LogP contribution in [-0.4, -0.2) is 68.6 Å². The molecule has 3 aromatic rings. The summed E-state index contributed by atoms with van der Waals surface area (Å²) in [6.45, 7) is 5.77. The molecule has 14 heteroatoms. The molecule has 0 saturated carbocycles. The number of aromatic nitrogens is 4. The van der Waals surface area contributed by atoms with Crippen molar-refractivity contribution in [2.45, 2.75) is 45.7 Å². The summed E-state index contributed by atoms with van der Waals surface area (Å²) in [6, 6.07) is 5.13. The van der Waals surface area contributed by atoms with Gasteiger partial charge >= 0.3 is 5.97 Å². The molecule has 2 aromatic heterocycles. The number of hydrogen-bond donors (Lipinski definition) is 6. The predicted octanol–water partition coefficient (Wildman–Crippen LogP) is 1.05. The van der Waals surface area contributed by atoms with E-state index in [1.54, 1.807) is 12.1 Å². The lowest BCUT2D eigenvalue weighted by molar-refractivity contribution is -0.139. The molecule has 0 unspecified atom stereocenters. The van der Waals surface area contributed by atoms with Crippen molar-refractivity contribution in [2.75, 3.05) is 30.8 Å². The number of carboxylic acids is 1. The maximum Gasteiger partial charge on any atom is 0.326 e. The number of carbonyl (C=O) groups excluding carboxylic acids is 2. The van der Waals surface area contributed by atoms with E-state index in [4.69, 9.17) is 10.5 Å². The Balaban J connectivity index is 1.45. The van der Waals surface area contributed by atoms with Gasteiger partial charge < -0.3 is 31.5 Å². The molecule has 0 bridgehead atoms. The summed E-state index contributed by atoms with van der Waals surface area (Å²) in [7, 11) is 0. The number of rotatable bonds is 15. The van der Waals surface area contributed by atoms with Crippen LogP contribution in [0.2, 0.25) is 0 Å². The van der Waals surface area contributed by atoms with E-state index in [9.17, 15) is 24.3 Å². The monoisotopic (exact) mass is 554 g/mol. The Morgan fingerprint density at radius 1 is 1.10 bits per heavy atom. The average molecular weight is 555 g/mol. The third-order valence-corrected chi connectivity index (χ3v) is 5.78. The molecule has 7 N–H and O–H groups in total. The molecule has 1 atom stereocenters. The number of hydrogen-bond acceptors (Lipinski definition) is 10. The first-order valence-electron chi connectivity index (χ1n) is 12.9. The van der Waals surface area contributed by atoms with Gasteiger partial charge in [-0.05, 0) is 43.0 Å². The van der Waals surface area contributed by atoms with E-state index in [-0.39, 0.29) is 48.0 Å². The third-order valence-electron chi connectivity index (χ3n) is 5.78. The quantitative estimate of drug-likeness (QED) is 0.146. The first-order chi connectivity index (χ1) is 19.1. The lowest BCUT2D eigenvalue weighted by Gasteiger charge is -2.15. The summed E-state index contributed by atoms with van der Waals surface area (Å²) < 4.78 is 5.43. The molecule has 0 aliphatic heterocycles. The van der Waals surface area contributed by atoms with Gasteiger partial charge in [0, 0.05) is 30.8 Å². The highest BCUT2D eigenvalue weighted by atomic mass is 16.5. The number of ether oxygens (including phenoxy) is 1. The Bertz CT molecular complexity index is 1380. The van der Waals surface area contributed by atoms with Crippen molar-refractivity contribution >= 4 is 40.6 Å². The number of aliphatic carboxylic acids is 1. The van der Waals surface area contributed by atoms with Gasteiger partial charge in [-0.1, -0.05) is 13.8 Å². The largest absolute Gasteiger partial charge is 0.480 e. The van der Waals surface area contributed by atoms with E-state index in [0.29, 0.717) is 37.1 Å².